The summed E-state index contributed by atoms with van der Waals surface area (Å²) in [6, 6.07) is 23.1. The molecule has 0 aromatic heterocycles. The van der Waals surface area contributed by atoms with Crippen LogP contribution in [-0.2, 0) is 0 Å². The summed E-state index contributed by atoms with van der Waals surface area (Å²) < 4.78 is 34.2. The molecule has 1 unspecified atom stereocenters. The maximum Gasteiger partial charge on any atom is 0.338 e. The highest BCUT2D eigenvalue weighted by Crippen LogP contribution is 2.40. The van der Waals surface area contributed by atoms with Gasteiger partial charge in [-0.1, -0.05) is 49.4 Å². The van der Waals surface area contributed by atoms with Crippen molar-refractivity contribution in [2.45, 2.75) is 38.2 Å². The minimum absolute atomic E-state index is 0.225. The summed E-state index contributed by atoms with van der Waals surface area (Å²) in [5.74, 6) is -1.78. The van der Waals surface area contributed by atoms with Crippen molar-refractivity contribution in [2.75, 3.05) is 11.4 Å². The van der Waals surface area contributed by atoms with Crippen molar-refractivity contribution < 1.29 is 23.4 Å². The van der Waals surface area contributed by atoms with Gasteiger partial charge in [0, 0.05) is 11.8 Å². The van der Waals surface area contributed by atoms with Crippen LogP contribution in [0.3, 0.4) is 0 Å². The number of anilines is 2. The zero-order chi connectivity index (χ0) is 25.2. The van der Waals surface area contributed by atoms with E-state index in [1.165, 1.54) is 34.5 Å². The summed E-state index contributed by atoms with van der Waals surface area (Å²) >= 11 is 0. The molecule has 0 saturated heterocycles. The molecule has 4 aromatic rings. The lowest BCUT2D eigenvalue weighted by atomic mass is 9.90. The van der Waals surface area contributed by atoms with Crippen molar-refractivity contribution in [1.82, 2.24) is 0 Å². The molecule has 0 bridgehead atoms. The number of fused-ring (bicyclic) bond motifs is 2. The second kappa shape index (κ2) is 9.97. The predicted octanol–water partition coefficient (Wildman–Crippen LogP) is 7.69. The number of aromatic carboxylic acids is 1. The Labute approximate surface area is 208 Å². The molecule has 0 saturated carbocycles. The Bertz CT molecular complexity index is 1420. The van der Waals surface area contributed by atoms with Gasteiger partial charge >= 0.3 is 5.97 Å². The van der Waals surface area contributed by atoms with E-state index in [4.69, 9.17) is 4.74 Å². The second-order valence-corrected chi connectivity index (χ2v) is 9.33. The number of benzene rings is 4. The van der Waals surface area contributed by atoms with E-state index < -0.39 is 23.2 Å². The highest BCUT2D eigenvalue weighted by Gasteiger charge is 2.28. The van der Waals surface area contributed by atoms with Crippen molar-refractivity contribution >= 4 is 28.1 Å². The molecule has 0 radical (unpaired) electrons. The van der Waals surface area contributed by atoms with E-state index in [1.807, 2.05) is 11.0 Å². The molecule has 184 valence electrons. The lowest BCUT2D eigenvalue weighted by Crippen LogP contribution is -2.37. The van der Waals surface area contributed by atoms with Gasteiger partial charge in [0.2, 0.25) is 0 Å². The summed E-state index contributed by atoms with van der Waals surface area (Å²) in [5.41, 5.74) is 2.07. The molecular weight excluding hydrogens is 460 g/mol. The van der Waals surface area contributed by atoms with Crippen LogP contribution in [0.25, 0.3) is 10.8 Å². The maximum absolute atomic E-state index is 14.0. The number of halogens is 2. The zero-order valence-electron chi connectivity index (χ0n) is 20.0. The number of ether oxygens (including phenoxy) is 1. The summed E-state index contributed by atoms with van der Waals surface area (Å²) in [5, 5.41) is 11.9. The molecule has 1 aliphatic heterocycles. The van der Waals surface area contributed by atoms with E-state index in [1.54, 1.807) is 12.1 Å². The number of nitrogens with zero attached hydrogens (tertiary/aromatic N) is 1. The van der Waals surface area contributed by atoms with Gasteiger partial charge in [-0.25, -0.2) is 13.6 Å². The van der Waals surface area contributed by atoms with Gasteiger partial charge in [0.1, 0.15) is 23.5 Å². The quantitative estimate of drug-likeness (QED) is 0.290. The molecule has 0 spiro atoms. The molecule has 0 aliphatic carbocycles. The molecule has 1 aliphatic rings. The minimum atomic E-state index is -1.33. The first-order valence-corrected chi connectivity index (χ1v) is 12.1. The highest BCUT2D eigenvalue weighted by atomic mass is 19.1. The van der Waals surface area contributed by atoms with Gasteiger partial charge in [-0.3, -0.25) is 0 Å². The Morgan fingerprint density at radius 2 is 1.86 bits per heavy atom. The van der Waals surface area contributed by atoms with Crippen molar-refractivity contribution in [3.05, 3.63) is 102 Å². The van der Waals surface area contributed by atoms with Crippen LogP contribution in [0.15, 0.2) is 78.9 Å². The first-order chi connectivity index (χ1) is 17.4. The fourth-order valence-electron chi connectivity index (χ4n) is 5.05. The summed E-state index contributed by atoms with van der Waals surface area (Å²) in [6.45, 7) is 2.68. The normalized spacial score (nSPS) is 15.9. The van der Waals surface area contributed by atoms with Crippen molar-refractivity contribution in [3.63, 3.8) is 0 Å². The monoisotopic (exact) mass is 487 g/mol. The molecule has 1 N–H and O–H groups in total. The van der Waals surface area contributed by atoms with Crippen LogP contribution in [0.2, 0.25) is 0 Å². The van der Waals surface area contributed by atoms with Gasteiger partial charge in [-0.05, 0) is 71.8 Å². The first-order valence-electron chi connectivity index (χ1n) is 12.1. The number of rotatable bonds is 7. The highest BCUT2D eigenvalue weighted by molar-refractivity contribution is 5.90. The van der Waals surface area contributed by atoms with E-state index in [2.05, 4.69) is 43.3 Å². The number of carboxylic acid groups (broad SMARTS) is 1. The van der Waals surface area contributed by atoms with E-state index in [9.17, 15) is 18.7 Å². The number of carboxylic acids is 1. The van der Waals surface area contributed by atoms with Gasteiger partial charge in [-0.15, -0.1) is 0 Å². The van der Waals surface area contributed by atoms with Crippen LogP contribution in [0.5, 0.6) is 5.75 Å². The van der Waals surface area contributed by atoms with Gasteiger partial charge in [0.25, 0.3) is 0 Å². The van der Waals surface area contributed by atoms with Crippen molar-refractivity contribution in [2.24, 2.45) is 0 Å². The Hall–Kier alpha value is -3.93. The molecule has 0 amide bonds. The third-order valence-corrected chi connectivity index (χ3v) is 6.90. The fourth-order valence-corrected chi connectivity index (χ4v) is 5.05. The maximum atomic E-state index is 14.0. The van der Waals surface area contributed by atoms with Crippen LogP contribution in [-0.4, -0.2) is 23.7 Å². The standard InChI is InChI=1S/C30H27F2NO3/c1-19(24-11-5-8-20-7-2-3-10-25(20)24)6-4-9-23-18-33(28-15-12-21(31)16-29(28)36-23)22-13-14-27(32)26(17-22)30(34)35/h2-3,5,7-8,10-17,19,23H,4,6,9,18H2,1H3,(H,34,35)/t19-,23?/m0/s1. The molecule has 1 heterocycles. The molecule has 0 fully saturated rings. The summed E-state index contributed by atoms with van der Waals surface area (Å²) in [4.78, 5) is 13.4. The SMILES string of the molecule is C[C@@H](CCCC1CN(c2ccc(F)c(C(=O)O)c2)c2ccc(F)cc2O1)c1cccc2ccccc12. The largest absolute Gasteiger partial charge is 0.486 e. The van der Waals surface area contributed by atoms with Crippen LogP contribution >= 0.6 is 0 Å². The average molecular weight is 488 g/mol. The Balaban J connectivity index is 1.34. The van der Waals surface area contributed by atoms with Gasteiger partial charge < -0.3 is 14.7 Å². The lowest BCUT2D eigenvalue weighted by molar-refractivity contribution is 0.0692. The Morgan fingerprint density at radius 3 is 2.69 bits per heavy atom. The van der Waals surface area contributed by atoms with Crippen LogP contribution in [0.1, 0.15) is 48.0 Å². The number of carbonyl (C=O) groups is 1. The van der Waals surface area contributed by atoms with Crippen LogP contribution in [0.4, 0.5) is 20.2 Å². The van der Waals surface area contributed by atoms with Gasteiger partial charge in [0.15, 0.2) is 0 Å². The molecule has 5 rings (SSSR count). The predicted molar refractivity (Wildman–Crippen MR) is 137 cm³/mol. The van der Waals surface area contributed by atoms with E-state index >= 15 is 0 Å². The van der Waals surface area contributed by atoms with Crippen molar-refractivity contribution in [1.29, 1.82) is 0 Å². The molecule has 2 atom stereocenters. The fraction of sp³-hybridized carbons (Fsp3) is 0.233. The summed E-state index contributed by atoms with van der Waals surface area (Å²) in [7, 11) is 0. The molecule has 6 heteroatoms. The molecule has 36 heavy (non-hydrogen) atoms. The first kappa shape index (κ1) is 23.8. The van der Waals surface area contributed by atoms with Crippen LogP contribution in [0, 0.1) is 11.6 Å². The molecule has 4 nitrogen and oxygen atoms in total. The third kappa shape index (κ3) is 4.76. The smallest absolute Gasteiger partial charge is 0.338 e. The van der Waals surface area contributed by atoms with E-state index in [0.717, 1.165) is 25.3 Å². The summed E-state index contributed by atoms with van der Waals surface area (Å²) in [6.07, 6.45) is 2.38. The minimum Gasteiger partial charge on any atom is -0.486 e. The number of hydrogen-bond acceptors (Lipinski definition) is 3. The van der Waals surface area contributed by atoms with Crippen LogP contribution < -0.4 is 9.64 Å². The Kier molecular flexibility index (Phi) is 6.59. The van der Waals surface area contributed by atoms with E-state index in [0.29, 0.717) is 29.6 Å². The lowest BCUT2D eigenvalue weighted by Gasteiger charge is -2.36. The van der Waals surface area contributed by atoms with E-state index in [-0.39, 0.29) is 6.10 Å². The van der Waals surface area contributed by atoms with Gasteiger partial charge in [0.05, 0.1) is 17.8 Å². The average Bonchev–Trinajstić information content (AvgIpc) is 2.87. The van der Waals surface area contributed by atoms with Gasteiger partial charge in [-0.2, -0.15) is 0 Å². The topological polar surface area (TPSA) is 49.8 Å². The molecule has 4 aromatic carbocycles. The van der Waals surface area contributed by atoms with Crippen molar-refractivity contribution in [3.8, 4) is 5.75 Å². The zero-order valence-corrected chi connectivity index (χ0v) is 20.0. The third-order valence-electron chi connectivity index (χ3n) is 6.90. The molecular formula is C30H27F2NO3. The second-order valence-electron chi connectivity index (χ2n) is 9.33. The Morgan fingerprint density at radius 1 is 1.06 bits per heavy atom. The number of hydrogen-bond donors (Lipinski definition) is 1.